The number of hydrogen-bond donors (Lipinski definition) is 6. The van der Waals surface area contributed by atoms with Crippen LogP contribution in [-0.4, -0.2) is 66.3 Å². The molecule has 7 rings (SSSR count). The van der Waals surface area contributed by atoms with Crippen LogP contribution in [0.15, 0.2) is 82.0 Å². The van der Waals surface area contributed by atoms with Gasteiger partial charge < -0.3 is 30.6 Å². The third-order valence-electron chi connectivity index (χ3n) is 17.1. The van der Waals surface area contributed by atoms with Crippen molar-refractivity contribution < 1.29 is 30.6 Å². The molecule has 0 aromatic rings. The summed E-state index contributed by atoms with van der Waals surface area (Å²) >= 11 is 0. The van der Waals surface area contributed by atoms with Crippen LogP contribution in [0.2, 0.25) is 0 Å². The first-order valence-electron chi connectivity index (χ1n) is 24.1. The highest BCUT2D eigenvalue weighted by Crippen LogP contribution is 2.65. The van der Waals surface area contributed by atoms with Crippen LogP contribution in [-0.2, 0) is 0 Å². The fourth-order valence-corrected chi connectivity index (χ4v) is 13.5. The van der Waals surface area contributed by atoms with Gasteiger partial charge in [-0.3, -0.25) is 0 Å². The molecule has 12 atom stereocenters. The maximum absolute atomic E-state index is 11.0. The lowest BCUT2D eigenvalue weighted by Gasteiger charge is -2.56. The van der Waals surface area contributed by atoms with Crippen LogP contribution in [0, 0.1) is 45.8 Å². The minimum atomic E-state index is -0.625. The first-order chi connectivity index (χ1) is 28.0. The quantitative estimate of drug-likeness (QED) is 0.115. The van der Waals surface area contributed by atoms with Crippen LogP contribution in [0.4, 0.5) is 0 Å². The van der Waals surface area contributed by atoms with Gasteiger partial charge in [-0.15, -0.1) is 0 Å². The Bertz CT molecular complexity index is 1760. The summed E-state index contributed by atoms with van der Waals surface area (Å²) in [5.41, 5.74) is 8.39. The van der Waals surface area contributed by atoms with E-state index in [0.717, 1.165) is 75.4 Å². The molecule has 3 unspecified atom stereocenters. The summed E-state index contributed by atoms with van der Waals surface area (Å²) in [7, 11) is 0. The fraction of sp³-hybridized carbons (Fsp3) is 0.741. The van der Waals surface area contributed by atoms with E-state index in [9.17, 15) is 30.6 Å². The van der Waals surface area contributed by atoms with E-state index in [1.54, 1.807) is 16.7 Å². The third kappa shape index (κ3) is 9.85. The molecular formula is C54H84O6. The summed E-state index contributed by atoms with van der Waals surface area (Å²) in [6, 6.07) is 0. The minimum absolute atomic E-state index is 0.217. The molecule has 0 bridgehead atoms. The number of aliphatic hydroxyl groups excluding tert-OH is 4. The van der Waals surface area contributed by atoms with Crippen LogP contribution >= 0.6 is 0 Å². The van der Waals surface area contributed by atoms with Gasteiger partial charge in [-0.05, 0) is 163 Å². The van der Waals surface area contributed by atoms with Gasteiger partial charge in [0.1, 0.15) is 0 Å². The van der Waals surface area contributed by atoms with Gasteiger partial charge in [-0.1, -0.05) is 118 Å². The van der Waals surface area contributed by atoms with E-state index in [4.69, 9.17) is 0 Å². The lowest BCUT2D eigenvalue weighted by Crippen LogP contribution is -2.52. The molecule has 4 fully saturated rings. The fourth-order valence-electron chi connectivity index (χ4n) is 13.5. The van der Waals surface area contributed by atoms with Gasteiger partial charge in [0.05, 0.1) is 35.6 Å². The summed E-state index contributed by atoms with van der Waals surface area (Å²) < 4.78 is 0. The molecule has 7 aliphatic carbocycles. The Hall–Kier alpha value is -2.06. The molecule has 4 saturated carbocycles. The van der Waals surface area contributed by atoms with Crippen LogP contribution in [0.25, 0.3) is 0 Å². The second-order valence-electron chi connectivity index (χ2n) is 22.7. The highest BCUT2D eigenvalue weighted by Gasteiger charge is 2.57. The van der Waals surface area contributed by atoms with Crippen molar-refractivity contribution in [3.8, 4) is 0 Å². The molecule has 0 aromatic carbocycles. The van der Waals surface area contributed by atoms with Crippen molar-refractivity contribution in [2.45, 2.75) is 207 Å². The van der Waals surface area contributed by atoms with Gasteiger partial charge in [0.15, 0.2) is 0 Å². The predicted octanol–water partition coefficient (Wildman–Crippen LogP) is 10.9. The summed E-state index contributed by atoms with van der Waals surface area (Å²) in [5, 5.41) is 61.4. The second-order valence-corrected chi connectivity index (χ2v) is 22.7. The Kier molecular flexibility index (Phi) is 14.4. The second kappa shape index (κ2) is 18.2. The monoisotopic (exact) mass is 829 g/mol. The van der Waals surface area contributed by atoms with Gasteiger partial charge in [0.2, 0.25) is 0 Å². The number of rotatable bonds is 11. The van der Waals surface area contributed by atoms with Gasteiger partial charge in [-0.25, -0.2) is 0 Å². The molecule has 6 heteroatoms. The normalized spacial score (nSPS) is 39.0. The standard InChI is InChI=1S/2C27H42O3/c1-17(7-6-13-25(2,3)30)21-10-11-22-20-9-8-18-15-19(28)16-24(29)27(18,5)23(20)12-14-26(21,22)4;1-18(8-6-14-26(3,4)30)23-12-13-24-20(9-7-15-27(23,24)5)10-11-21-16-22(28)17-25(29)19(21)2/h8-10,17,19,22-24,28-30H,6-7,11-16H2,1-5H3;10-12,18,22,24-25,28-30H,2,6-9,13-17H2,1,3-5H3/b;20-10+,21-11-/t17-,19-,22?,23?,24+,26-,27+;18-,22-,24?,25+,27-/m11/s1. The van der Waals surface area contributed by atoms with E-state index in [-0.39, 0.29) is 16.2 Å². The topological polar surface area (TPSA) is 121 Å². The van der Waals surface area contributed by atoms with Crippen molar-refractivity contribution in [1.82, 2.24) is 0 Å². The molecule has 6 N–H and O–H groups in total. The maximum atomic E-state index is 11.0. The van der Waals surface area contributed by atoms with E-state index in [0.29, 0.717) is 55.3 Å². The van der Waals surface area contributed by atoms with E-state index in [1.807, 2.05) is 27.7 Å². The largest absolute Gasteiger partial charge is 0.393 e. The Morgan fingerprint density at radius 1 is 0.750 bits per heavy atom. The SMILES string of the molecule is C=C1/C(=C\C=C2/CCC[C@]3(C)C([C@H](C)CCCC(C)(C)O)=CCC23)C[C@@H](O)C[C@@H]1O.C[C@H](CCCC(C)(C)O)C1=CCC2C3=CC=C4C[C@@H](O)C[C@H](O)[C@]4(C)C3CC[C@]12C. The molecule has 0 amide bonds. The number of hydrogen-bond acceptors (Lipinski definition) is 6. The average Bonchev–Trinajstić information content (AvgIpc) is 3.69. The summed E-state index contributed by atoms with van der Waals surface area (Å²) in [6.07, 6.45) is 28.4. The minimum Gasteiger partial charge on any atom is -0.393 e. The molecule has 6 nitrogen and oxygen atoms in total. The highest BCUT2D eigenvalue weighted by atomic mass is 16.3. The van der Waals surface area contributed by atoms with E-state index in [2.05, 4.69) is 77.7 Å². The number of fused-ring (bicyclic) bond motifs is 6. The summed E-state index contributed by atoms with van der Waals surface area (Å²) in [6.45, 7) is 23.6. The van der Waals surface area contributed by atoms with Crippen molar-refractivity contribution in [3.63, 3.8) is 0 Å². The molecule has 0 aliphatic heterocycles. The molecule has 0 radical (unpaired) electrons. The average molecular weight is 829 g/mol. The summed E-state index contributed by atoms with van der Waals surface area (Å²) in [5.74, 6) is 2.61. The zero-order chi connectivity index (χ0) is 44.0. The zero-order valence-corrected chi connectivity index (χ0v) is 39.1. The summed E-state index contributed by atoms with van der Waals surface area (Å²) in [4.78, 5) is 0. The molecule has 0 heterocycles. The Morgan fingerprint density at radius 3 is 1.92 bits per heavy atom. The molecule has 0 saturated heterocycles. The van der Waals surface area contributed by atoms with Crippen molar-refractivity contribution >= 4 is 0 Å². The lowest BCUT2D eigenvalue weighted by molar-refractivity contribution is -0.0492. The lowest BCUT2D eigenvalue weighted by atomic mass is 9.49. The van der Waals surface area contributed by atoms with Crippen LogP contribution in [0.1, 0.15) is 171 Å². The van der Waals surface area contributed by atoms with Gasteiger partial charge in [0, 0.05) is 18.3 Å². The smallest absolute Gasteiger partial charge is 0.0811 e. The van der Waals surface area contributed by atoms with E-state index >= 15 is 0 Å². The van der Waals surface area contributed by atoms with Crippen LogP contribution in [0.5, 0.6) is 0 Å². The van der Waals surface area contributed by atoms with Gasteiger partial charge in [-0.2, -0.15) is 0 Å². The Balaban J connectivity index is 0.000000201. The van der Waals surface area contributed by atoms with Gasteiger partial charge in [0.25, 0.3) is 0 Å². The molecule has 0 spiro atoms. The van der Waals surface area contributed by atoms with Gasteiger partial charge >= 0.3 is 0 Å². The first-order valence-corrected chi connectivity index (χ1v) is 24.1. The molecule has 7 aliphatic rings. The molecular weight excluding hydrogens is 745 g/mol. The zero-order valence-electron chi connectivity index (χ0n) is 39.1. The highest BCUT2D eigenvalue weighted by molar-refractivity contribution is 5.44. The third-order valence-corrected chi connectivity index (χ3v) is 17.1. The first kappa shape index (κ1) is 47.4. The van der Waals surface area contributed by atoms with Crippen molar-refractivity contribution in [3.05, 3.63) is 82.0 Å². The number of aliphatic hydroxyl groups is 6. The van der Waals surface area contributed by atoms with E-state index in [1.165, 1.54) is 30.4 Å². The molecule has 336 valence electrons. The van der Waals surface area contributed by atoms with Crippen LogP contribution in [0.3, 0.4) is 0 Å². The maximum Gasteiger partial charge on any atom is 0.0811 e. The Labute approximate surface area is 364 Å². The molecule has 0 aromatic heterocycles. The predicted molar refractivity (Wildman–Crippen MR) is 246 cm³/mol. The number of allylic oxidation sites excluding steroid dienone is 10. The molecule has 60 heavy (non-hydrogen) atoms. The van der Waals surface area contributed by atoms with Crippen molar-refractivity contribution in [2.75, 3.05) is 0 Å². The van der Waals surface area contributed by atoms with E-state index < -0.39 is 35.6 Å². The van der Waals surface area contributed by atoms with Crippen LogP contribution < -0.4 is 0 Å². The van der Waals surface area contributed by atoms with Crippen molar-refractivity contribution in [1.29, 1.82) is 0 Å². The van der Waals surface area contributed by atoms with Crippen molar-refractivity contribution in [2.24, 2.45) is 45.8 Å². The Morgan fingerprint density at radius 2 is 1.32 bits per heavy atom.